The number of hydrogen-bond donors (Lipinski definition) is 1. The molecule has 0 bridgehead atoms. The fourth-order valence-electron chi connectivity index (χ4n) is 3.32. The van der Waals surface area contributed by atoms with Crippen molar-refractivity contribution in [2.75, 3.05) is 6.54 Å². The van der Waals surface area contributed by atoms with E-state index in [1.54, 1.807) is 36.4 Å². The minimum Gasteiger partial charge on any atom is -0.481 e. The lowest BCUT2D eigenvalue weighted by Crippen LogP contribution is -2.40. The maximum atomic E-state index is 12.9. The first-order chi connectivity index (χ1) is 12.4. The molecule has 1 amide bonds. The molecule has 1 atom stereocenters. The number of hydrogen-bond acceptors (Lipinski definition) is 4. The average Bonchev–Trinajstić information content (AvgIpc) is 2.65. The van der Waals surface area contributed by atoms with Crippen LogP contribution in [0.3, 0.4) is 0 Å². The largest absolute Gasteiger partial charge is 0.481 e. The normalized spacial score (nSPS) is 16.0. The molecule has 0 spiro atoms. The maximum absolute atomic E-state index is 12.9. The Balaban J connectivity index is 1.95. The van der Waals surface area contributed by atoms with E-state index < -0.39 is 22.7 Å². The Labute approximate surface area is 150 Å². The topological polar surface area (TPSA) is 101 Å². The Morgan fingerprint density at radius 1 is 1.27 bits per heavy atom. The number of amides is 1. The number of nitrogens with zero attached hydrogens (tertiary/aromatic N) is 2. The predicted molar refractivity (Wildman–Crippen MR) is 94.0 cm³/mol. The summed E-state index contributed by atoms with van der Waals surface area (Å²) in [5, 5.41) is 20.8. The van der Waals surface area contributed by atoms with Crippen LogP contribution in [0.4, 0.5) is 5.69 Å². The SMILES string of the molecule is CCc1ccc(C(=O)N2Cc3ccccc3C(C(=O)O)C2)cc1[N+](=O)[O-]. The number of nitro groups is 1. The number of carbonyl (C=O) groups is 2. The number of aliphatic carboxylic acids is 1. The van der Waals surface area contributed by atoms with Crippen LogP contribution in [0.2, 0.25) is 0 Å². The number of carboxylic acid groups (broad SMARTS) is 1. The van der Waals surface area contributed by atoms with Gasteiger partial charge < -0.3 is 10.0 Å². The van der Waals surface area contributed by atoms with Gasteiger partial charge in [0.2, 0.25) is 0 Å². The fraction of sp³-hybridized carbons (Fsp3) is 0.263. The van der Waals surface area contributed by atoms with E-state index in [0.29, 0.717) is 17.5 Å². The van der Waals surface area contributed by atoms with Gasteiger partial charge >= 0.3 is 5.97 Å². The second kappa shape index (κ2) is 6.95. The highest BCUT2D eigenvalue weighted by molar-refractivity contribution is 5.95. The summed E-state index contributed by atoms with van der Waals surface area (Å²) >= 11 is 0. The molecule has 26 heavy (non-hydrogen) atoms. The van der Waals surface area contributed by atoms with E-state index in [0.717, 1.165) is 5.56 Å². The third-order valence-electron chi connectivity index (χ3n) is 4.69. The smallest absolute Gasteiger partial charge is 0.312 e. The number of nitro benzene ring substituents is 1. The summed E-state index contributed by atoms with van der Waals surface area (Å²) in [6.07, 6.45) is 0.489. The van der Waals surface area contributed by atoms with Crippen molar-refractivity contribution >= 4 is 17.6 Å². The van der Waals surface area contributed by atoms with E-state index >= 15 is 0 Å². The van der Waals surface area contributed by atoms with Crippen molar-refractivity contribution in [1.29, 1.82) is 0 Å². The summed E-state index contributed by atoms with van der Waals surface area (Å²) in [5.74, 6) is -2.22. The van der Waals surface area contributed by atoms with Crippen molar-refractivity contribution in [3.63, 3.8) is 0 Å². The Kier molecular flexibility index (Phi) is 4.71. The molecule has 2 aromatic carbocycles. The van der Waals surface area contributed by atoms with Gasteiger partial charge in [0.15, 0.2) is 0 Å². The van der Waals surface area contributed by atoms with Crippen LogP contribution in [0, 0.1) is 10.1 Å². The van der Waals surface area contributed by atoms with Crippen molar-refractivity contribution in [3.05, 3.63) is 74.8 Å². The van der Waals surface area contributed by atoms with Gasteiger partial charge in [-0.25, -0.2) is 0 Å². The number of carbonyl (C=O) groups excluding carboxylic acids is 1. The van der Waals surface area contributed by atoms with E-state index in [2.05, 4.69) is 0 Å². The fourth-order valence-corrected chi connectivity index (χ4v) is 3.32. The molecule has 0 fully saturated rings. The molecule has 7 nitrogen and oxygen atoms in total. The lowest BCUT2D eigenvalue weighted by Gasteiger charge is -2.32. The van der Waals surface area contributed by atoms with E-state index in [9.17, 15) is 24.8 Å². The average molecular weight is 354 g/mol. The number of rotatable bonds is 4. The minimum absolute atomic E-state index is 0.0362. The first kappa shape index (κ1) is 17.6. The first-order valence-corrected chi connectivity index (χ1v) is 8.29. The summed E-state index contributed by atoms with van der Waals surface area (Å²) < 4.78 is 0. The van der Waals surface area contributed by atoms with Crippen LogP contribution in [0.15, 0.2) is 42.5 Å². The molecule has 3 rings (SSSR count). The number of aryl methyl sites for hydroxylation is 1. The highest BCUT2D eigenvalue weighted by Gasteiger charge is 2.33. The Morgan fingerprint density at radius 2 is 2.00 bits per heavy atom. The van der Waals surface area contributed by atoms with Gasteiger partial charge in [-0.05, 0) is 23.6 Å². The van der Waals surface area contributed by atoms with E-state index in [1.165, 1.54) is 11.0 Å². The molecule has 1 unspecified atom stereocenters. The van der Waals surface area contributed by atoms with Crippen LogP contribution in [-0.2, 0) is 17.8 Å². The third kappa shape index (κ3) is 3.15. The summed E-state index contributed by atoms with van der Waals surface area (Å²) in [6.45, 7) is 2.12. The van der Waals surface area contributed by atoms with Crippen LogP contribution >= 0.6 is 0 Å². The molecule has 134 valence electrons. The van der Waals surface area contributed by atoms with Crippen LogP contribution < -0.4 is 0 Å². The molecule has 7 heteroatoms. The molecule has 2 aromatic rings. The van der Waals surface area contributed by atoms with Crippen molar-refractivity contribution in [2.45, 2.75) is 25.8 Å². The van der Waals surface area contributed by atoms with E-state index in [-0.39, 0.29) is 24.3 Å². The maximum Gasteiger partial charge on any atom is 0.312 e. The molecule has 0 saturated heterocycles. The van der Waals surface area contributed by atoms with Crippen LogP contribution in [0.5, 0.6) is 0 Å². The Morgan fingerprint density at radius 3 is 2.65 bits per heavy atom. The molecule has 0 aromatic heterocycles. The molecule has 0 aliphatic carbocycles. The standard InChI is InChI=1S/C19H18N2O5/c1-2-12-7-8-13(9-17(12)21(25)26)18(22)20-10-14-5-3-4-6-15(14)16(11-20)19(23)24/h3-9,16H,2,10-11H2,1H3,(H,23,24). The zero-order valence-electron chi connectivity index (χ0n) is 14.2. The van der Waals surface area contributed by atoms with Crippen molar-refractivity contribution in [1.82, 2.24) is 4.90 Å². The molecular formula is C19H18N2O5. The molecule has 1 N–H and O–H groups in total. The number of carboxylic acids is 1. The highest BCUT2D eigenvalue weighted by atomic mass is 16.6. The first-order valence-electron chi connectivity index (χ1n) is 8.29. The van der Waals surface area contributed by atoms with Gasteiger partial charge in [0.25, 0.3) is 11.6 Å². The lowest BCUT2D eigenvalue weighted by atomic mass is 9.89. The van der Waals surface area contributed by atoms with Gasteiger partial charge in [-0.15, -0.1) is 0 Å². The molecular weight excluding hydrogens is 336 g/mol. The van der Waals surface area contributed by atoms with Crippen molar-refractivity contribution < 1.29 is 19.6 Å². The zero-order chi connectivity index (χ0) is 18.8. The molecule has 1 heterocycles. The van der Waals surface area contributed by atoms with Crippen LogP contribution in [-0.4, -0.2) is 33.4 Å². The van der Waals surface area contributed by atoms with Gasteiger partial charge in [-0.2, -0.15) is 0 Å². The van der Waals surface area contributed by atoms with Gasteiger partial charge in [-0.3, -0.25) is 19.7 Å². The van der Waals surface area contributed by atoms with Gasteiger partial charge in [0.05, 0.1) is 10.8 Å². The Bertz CT molecular complexity index is 893. The third-order valence-corrected chi connectivity index (χ3v) is 4.69. The van der Waals surface area contributed by atoms with Gasteiger partial charge in [-0.1, -0.05) is 37.3 Å². The molecule has 0 radical (unpaired) electrons. The Hall–Kier alpha value is -3.22. The number of benzene rings is 2. The monoisotopic (exact) mass is 354 g/mol. The second-order valence-corrected chi connectivity index (χ2v) is 6.23. The summed E-state index contributed by atoms with van der Waals surface area (Å²) in [7, 11) is 0. The highest BCUT2D eigenvalue weighted by Crippen LogP contribution is 2.30. The quantitative estimate of drug-likeness (QED) is 0.672. The predicted octanol–water partition coefficient (Wildman–Crippen LogP) is 2.98. The summed E-state index contributed by atoms with van der Waals surface area (Å²) in [5.41, 5.74) is 2.14. The summed E-state index contributed by atoms with van der Waals surface area (Å²) in [6, 6.07) is 11.6. The van der Waals surface area contributed by atoms with Gasteiger partial charge in [0.1, 0.15) is 0 Å². The minimum atomic E-state index is -0.998. The number of fused-ring (bicyclic) bond motifs is 1. The van der Waals surface area contributed by atoms with Crippen molar-refractivity contribution in [2.24, 2.45) is 0 Å². The zero-order valence-corrected chi connectivity index (χ0v) is 14.2. The lowest BCUT2D eigenvalue weighted by molar-refractivity contribution is -0.385. The van der Waals surface area contributed by atoms with Crippen LogP contribution in [0.25, 0.3) is 0 Å². The van der Waals surface area contributed by atoms with Gasteiger partial charge in [0, 0.05) is 30.3 Å². The molecule has 1 aliphatic heterocycles. The summed E-state index contributed by atoms with van der Waals surface area (Å²) in [4.78, 5) is 36.7. The van der Waals surface area contributed by atoms with Crippen molar-refractivity contribution in [3.8, 4) is 0 Å². The van der Waals surface area contributed by atoms with E-state index in [4.69, 9.17) is 0 Å². The molecule has 0 saturated carbocycles. The van der Waals surface area contributed by atoms with E-state index in [1.807, 2.05) is 6.92 Å². The van der Waals surface area contributed by atoms with Crippen LogP contribution in [0.1, 0.15) is 39.9 Å². The molecule has 1 aliphatic rings. The second-order valence-electron chi connectivity index (χ2n) is 6.23.